The number of nitrogens with one attached hydrogen (secondary N) is 2. The van der Waals surface area contributed by atoms with Gasteiger partial charge in [-0.15, -0.1) is 0 Å². The molecule has 36 heavy (non-hydrogen) atoms. The number of nitrogens with two attached hydrogens (primary N) is 1. The second kappa shape index (κ2) is 16.0. The Morgan fingerprint density at radius 3 is 2.11 bits per heavy atom. The Bertz CT molecular complexity index is 799. The van der Waals surface area contributed by atoms with Crippen molar-refractivity contribution in [2.45, 2.75) is 55.6 Å². The molecule has 0 saturated carbocycles. The van der Waals surface area contributed by atoms with Gasteiger partial charge in [0, 0.05) is 12.2 Å². The Kier molecular flexibility index (Phi) is 15.2. The third-order valence-electron chi connectivity index (χ3n) is 4.34. The normalized spacial score (nSPS) is 25.5. The van der Waals surface area contributed by atoms with Crippen LogP contribution in [0.25, 0.3) is 0 Å². The third kappa shape index (κ3) is 13.4. The molecule has 1 aliphatic rings. The summed E-state index contributed by atoms with van der Waals surface area (Å²) in [6.07, 6.45) is -8.34. The van der Waals surface area contributed by atoms with Crippen LogP contribution in [0.15, 0.2) is 0 Å². The number of carboxylic acid groups (broad SMARTS) is 2. The predicted octanol–water partition coefficient (Wildman–Crippen LogP) is -5.31. The zero-order valence-electron chi connectivity index (χ0n) is 18.5. The summed E-state index contributed by atoms with van der Waals surface area (Å²) in [6, 6.07) is -2.15. The minimum absolute atomic E-state index is 0.0256. The van der Waals surface area contributed by atoms with E-state index < -0.39 is 87.5 Å². The molecule has 0 radical (unpaired) electrons. The van der Waals surface area contributed by atoms with E-state index in [0.717, 1.165) is 0 Å². The van der Waals surface area contributed by atoms with Crippen molar-refractivity contribution in [1.82, 2.24) is 10.6 Å². The first-order chi connectivity index (χ1) is 16.5. The van der Waals surface area contributed by atoms with Crippen molar-refractivity contribution in [3.8, 4) is 0 Å². The van der Waals surface area contributed by atoms with Crippen LogP contribution in [0.4, 0.5) is 0 Å². The molecule has 18 nitrogen and oxygen atoms in total. The van der Waals surface area contributed by atoms with E-state index >= 15 is 0 Å². The molecule has 12 N–H and O–H groups in total. The number of aliphatic hydroxyl groups is 4. The van der Waals surface area contributed by atoms with Gasteiger partial charge in [0.2, 0.25) is 11.8 Å². The standard InChI is InChI=1S/C10H17N3O6S.C6H13O9P/c11-5(10(18)19)1-2-7(14)13-6(4-20)9(17)12-3-8(15)16;7-3-2(1-14-16(11,12)13)15-6(10)5(9)4(3)8/h5-6,20H,1-4,11H2,(H,12,17)(H,13,14)(H,15,16)(H,18,19);2-10H,1H2,(H2,11,12,13)/t5-,6?;2-,3-,4+,5-,6+/m01/s1. The Morgan fingerprint density at radius 1 is 1.06 bits per heavy atom. The molecule has 0 bridgehead atoms. The molecule has 0 aromatic rings. The molecule has 0 spiro atoms. The van der Waals surface area contributed by atoms with Crippen LogP contribution >= 0.6 is 20.5 Å². The van der Waals surface area contributed by atoms with Gasteiger partial charge in [-0.25, -0.2) is 4.57 Å². The number of phosphoric ester groups is 1. The molecule has 1 heterocycles. The number of carboxylic acids is 2. The maximum absolute atomic E-state index is 11.5. The highest BCUT2D eigenvalue weighted by Crippen LogP contribution is 2.36. The van der Waals surface area contributed by atoms with Crippen molar-refractivity contribution < 1.29 is 73.4 Å². The summed E-state index contributed by atoms with van der Waals surface area (Å²) < 4.78 is 19.0. The first-order valence-electron chi connectivity index (χ1n) is 9.96. The maximum atomic E-state index is 11.5. The van der Waals surface area contributed by atoms with Gasteiger partial charge in [0.1, 0.15) is 43.0 Å². The Morgan fingerprint density at radius 2 is 1.64 bits per heavy atom. The van der Waals surface area contributed by atoms with Crippen LogP contribution in [0.3, 0.4) is 0 Å². The Balaban J connectivity index is 0.000000696. The molecule has 20 heteroatoms. The number of hydrogen-bond acceptors (Lipinski definition) is 13. The molecule has 1 fully saturated rings. The molecule has 1 aliphatic heterocycles. The number of rotatable bonds is 12. The second-order valence-electron chi connectivity index (χ2n) is 7.22. The van der Waals surface area contributed by atoms with E-state index in [-0.39, 0.29) is 18.6 Å². The smallest absolute Gasteiger partial charge is 0.469 e. The monoisotopic (exact) mass is 567 g/mol. The van der Waals surface area contributed by atoms with Gasteiger partial charge >= 0.3 is 19.8 Å². The summed E-state index contributed by atoms with van der Waals surface area (Å²) in [5.74, 6) is -3.70. The Hall–Kier alpha value is -1.90. The van der Waals surface area contributed by atoms with Crippen molar-refractivity contribution in [2.24, 2.45) is 5.73 Å². The van der Waals surface area contributed by atoms with Crippen LogP contribution in [0.5, 0.6) is 0 Å². The molecular formula is C16H30N3O15PS. The fraction of sp³-hybridized carbons (Fsp3) is 0.750. The fourth-order valence-corrected chi connectivity index (χ4v) is 2.99. The van der Waals surface area contributed by atoms with Crippen LogP contribution < -0.4 is 16.4 Å². The minimum Gasteiger partial charge on any atom is -0.480 e. The fourth-order valence-electron chi connectivity index (χ4n) is 2.40. The summed E-state index contributed by atoms with van der Waals surface area (Å²) in [6.45, 7) is -1.30. The van der Waals surface area contributed by atoms with E-state index in [0.29, 0.717) is 0 Å². The molecule has 0 aromatic carbocycles. The molecule has 2 amide bonds. The lowest BCUT2D eigenvalue weighted by atomic mass is 10.00. The zero-order valence-corrected chi connectivity index (χ0v) is 20.3. The van der Waals surface area contributed by atoms with Gasteiger partial charge in [0.05, 0.1) is 6.61 Å². The van der Waals surface area contributed by atoms with Gasteiger partial charge < -0.3 is 61.5 Å². The van der Waals surface area contributed by atoms with Crippen LogP contribution in [0.2, 0.25) is 0 Å². The Labute approximate surface area is 209 Å². The van der Waals surface area contributed by atoms with Crippen LogP contribution in [0, 0.1) is 0 Å². The first kappa shape index (κ1) is 34.1. The first-order valence-corrected chi connectivity index (χ1v) is 12.1. The van der Waals surface area contributed by atoms with Gasteiger partial charge in [-0.05, 0) is 6.42 Å². The molecule has 0 aromatic heterocycles. The van der Waals surface area contributed by atoms with Crippen molar-refractivity contribution >= 4 is 44.2 Å². The quantitative estimate of drug-likeness (QED) is 0.0773. The predicted molar refractivity (Wildman–Crippen MR) is 118 cm³/mol. The maximum Gasteiger partial charge on any atom is 0.469 e. The molecule has 0 aliphatic carbocycles. The van der Waals surface area contributed by atoms with Crippen molar-refractivity contribution in [3.05, 3.63) is 0 Å². The van der Waals surface area contributed by atoms with Crippen LogP contribution in [-0.4, -0.2) is 126 Å². The summed E-state index contributed by atoms with van der Waals surface area (Å²) in [4.78, 5) is 60.5. The summed E-state index contributed by atoms with van der Waals surface area (Å²) in [7, 11) is -4.73. The number of carbonyl (C=O) groups is 4. The second-order valence-corrected chi connectivity index (χ2v) is 8.83. The highest BCUT2D eigenvalue weighted by Gasteiger charge is 2.43. The number of hydrogen-bond donors (Lipinski definition) is 12. The van der Waals surface area contributed by atoms with Crippen molar-refractivity contribution in [1.29, 1.82) is 0 Å². The molecule has 1 unspecified atom stereocenters. The van der Waals surface area contributed by atoms with Crippen LogP contribution in [0.1, 0.15) is 12.8 Å². The van der Waals surface area contributed by atoms with Gasteiger partial charge in [-0.1, -0.05) is 0 Å². The molecule has 1 rings (SSSR count). The average Bonchev–Trinajstić information content (AvgIpc) is 2.79. The summed E-state index contributed by atoms with van der Waals surface area (Å²) in [5.41, 5.74) is 5.23. The third-order valence-corrected chi connectivity index (χ3v) is 5.19. The molecule has 210 valence electrons. The largest absolute Gasteiger partial charge is 0.480 e. The van der Waals surface area contributed by atoms with Crippen molar-refractivity contribution in [2.75, 3.05) is 18.9 Å². The van der Waals surface area contributed by atoms with Crippen molar-refractivity contribution in [3.63, 3.8) is 0 Å². The number of ether oxygens (including phenoxy) is 1. The lowest BCUT2D eigenvalue weighted by Crippen LogP contribution is -2.58. The molecule has 1 saturated heterocycles. The molecular weight excluding hydrogens is 537 g/mol. The molecule has 7 atom stereocenters. The number of phosphoric acid groups is 1. The topological polar surface area (TPSA) is 316 Å². The van der Waals surface area contributed by atoms with E-state index in [9.17, 15) is 34.0 Å². The van der Waals surface area contributed by atoms with Gasteiger partial charge in [-0.3, -0.25) is 23.7 Å². The zero-order chi connectivity index (χ0) is 28.2. The minimum atomic E-state index is -4.73. The highest BCUT2D eigenvalue weighted by molar-refractivity contribution is 7.80. The number of aliphatic carboxylic acids is 2. The summed E-state index contributed by atoms with van der Waals surface area (Å²) >= 11 is 3.87. The lowest BCUT2D eigenvalue weighted by molar-refractivity contribution is -0.285. The van der Waals surface area contributed by atoms with E-state index in [4.69, 9.17) is 35.9 Å². The number of thiol groups is 1. The van der Waals surface area contributed by atoms with E-state index in [1.165, 1.54) is 0 Å². The SMILES string of the molecule is N[C@@H](CCC(=O)NC(CS)C(=O)NCC(=O)O)C(=O)O.O=P(O)(O)OC[C@H]1O[C@H](O)[C@H](O)[C@@H](O)[C@@H]1O. The van der Waals surface area contributed by atoms with Gasteiger partial charge in [0.15, 0.2) is 6.29 Å². The van der Waals surface area contributed by atoms with E-state index in [1.54, 1.807) is 0 Å². The number of carbonyl (C=O) groups excluding carboxylic acids is 2. The summed E-state index contributed by atoms with van der Waals surface area (Å²) in [5, 5.41) is 58.1. The highest BCUT2D eigenvalue weighted by atomic mass is 32.1. The average molecular weight is 567 g/mol. The number of amides is 2. The van der Waals surface area contributed by atoms with Gasteiger partial charge in [-0.2, -0.15) is 12.6 Å². The van der Waals surface area contributed by atoms with E-state index in [1.807, 2.05) is 0 Å². The lowest BCUT2D eigenvalue weighted by Gasteiger charge is -2.38. The van der Waals surface area contributed by atoms with Gasteiger partial charge in [0.25, 0.3) is 0 Å². The van der Waals surface area contributed by atoms with E-state index in [2.05, 4.69) is 32.5 Å². The van der Waals surface area contributed by atoms with Crippen LogP contribution in [-0.2, 0) is 33.0 Å². The number of aliphatic hydroxyl groups excluding tert-OH is 4.